The fourth-order valence-corrected chi connectivity index (χ4v) is 5.29. The van der Waals surface area contributed by atoms with Crippen molar-refractivity contribution in [3.63, 3.8) is 0 Å². The van der Waals surface area contributed by atoms with Gasteiger partial charge in [-0.1, -0.05) is 6.07 Å². The first kappa shape index (κ1) is 20.5. The lowest BCUT2D eigenvalue weighted by Gasteiger charge is -2.36. The van der Waals surface area contributed by atoms with Crippen molar-refractivity contribution in [1.29, 1.82) is 0 Å². The SMILES string of the molecule is O=C1CCC(n2cc3ccc(N4CCC[C@H](NCC5CCNCC5)C4)cc3c2)C(=O)N1. The van der Waals surface area contributed by atoms with Crippen LogP contribution in [0.4, 0.5) is 5.69 Å². The molecule has 1 aromatic carbocycles. The number of nitrogens with zero attached hydrogens (tertiary/aromatic N) is 2. The topological polar surface area (TPSA) is 78.4 Å². The third-order valence-electron chi connectivity index (χ3n) is 7.16. The van der Waals surface area contributed by atoms with E-state index in [1.54, 1.807) is 0 Å². The van der Waals surface area contributed by atoms with Crippen molar-refractivity contribution in [1.82, 2.24) is 20.5 Å². The highest BCUT2D eigenvalue weighted by Crippen LogP contribution is 2.28. The van der Waals surface area contributed by atoms with Crippen LogP contribution in [0.1, 0.15) is 44.6 Å². The average molecular weight is 424 g/mol. The van der Waals surface area contributed by atoms with E-state index in [1.807, 2.05) is 10.8 Å². The first-order valence-electron chi connectivity index (χ1n) is 11.8. The third-order valence-corrected chi connectivity index (χ3v) is 7.16. The molecule has 2 atom stereocenters. The van der Waals surface area contributed by atoms with Crippen LogP contribution in [0.5, 0.6) is 0 Å². The molecule has 0 bridgehead atoms. The normalized spacial score (nSPS) is 25.7. The second-order valence-electron chi connectivity index (χ2n) is 9.37. The van der Waals surface area contributed by atoms with E-state index in [4.69, 9.17) is 0 Å². The summed E-state index contributed by atoms with van der Waals surface area (Å²) in [5.74, 6) is 0.434. The maximum Gasteiger partial charge on any atom is 0.249 e. The first-order chi connectivity index (χ1) is 15.2. The zero-order valence-electron chi connectivity index (χ0n) is 18.1. The molecule has 1 aromatic heterocycles. The smallest absolute Gasteiger partial charge is 0.249 e. The lowest BCUT2D eigenvalue weighted by Crippen LogP contribution is -2.47. The summed E-state index contributed by atoms with van der Waals surface area (Å²) in [6.45, 7) is 5.58. The molecule has 3 aliphatic heterocycles. The van der Waals surface area contributed by atoms with E-state index in [9.17, 15) is 9.59 Å². The molecule has 2 amide bonds. The predicted octanol–water partition coefficient (Wildman–Crippen LogP) is 2.18. The van der Waals surface area contributed by atoms with Crippen molar-refractivity contribution < 1.29 is 9.59 Å². The summed E-state index contributed by atoms with van der Waals surface area (Å²) in [6.07, 6.45) is 10.1. The largest absolute Gasteiger partial charge is 0.370 e. The number of carbonyl (C=O) groups excluding carboxylic acids is 2. The molecule has 0 spiro atoms. The highest BCUT2D eigenvalue weighted by atomic mass is 16.2. The molecule has 3 fully saturated rings. The van der Waals surface area contributed by atoms with E-state index in [-0.39, 0.29) is 17.9 Å². The van der Waals surface area contributed by atoms with Crippen LogP contribution in [0.3, 0.4) is 0 Å². The number of benzene rings is 1. The number of piperidine rings is 3. The molecular formula is C24H33N5O2. The molecule has 7 nitrogen and oxygen atoms in total. The number of hydrogen-bond donors (Lipinski definition) is 3. The number of anilines is 1. The molecule has 4 heterocycles. The Morgan fingerprint density at radius 1 is 1.03 bits per heavy atom. The van der Waals surface area contributed by atoms with Crippen LogP contribution in [0.15, 0.2) is 30.6 Å². The van der Waals surface area contributed by atoms with Gasteiger partial charge in [-0.3, -0.25) is 14.9 Å². The summed E-state index contributed by atoms with van der Waals surface area (Å²) in [6, 6.07) is 6.85. The van der Waals surface area contributed by atoms with Crippen LogP contribution in [0.25, 0.3) is 10.8 Å². The summed E-state index contributed by atoms with van der Waals surface area (Å²) in [5, 5.41) is 12.0. The number of rotatable bonds is 5. The van der Waals surface area contributed by atoms with Gasteiger partial charge in [0.15, 0.2) is 0 Å². The molecule has 3 saturated heterocycles. The maximum atomic E-state index is 12.2. The third kappa shape index (κ3) is 4.62. The molecule has 166 valence electrons. The van der Waals surface area contributed by atoms with Crippen LogP contribution in [0.2, 0.25) is 0 Å². The molecule has 0 radical (unpaired) electrons. The minimum Gasteiger partial charge on any atom is -0.370 e. The number of imide groups is 1. The number of nitrogens with one attached hydrogen (secondary N) is 3. The Labute approximate surface area is 183 Å². The molecular weight excluding hydrogens is 390 g/mol. The summed E-state index contributed by atoms with van der Waals surface area (Å²) in [5.41, 5.74) is 1.25. The maximum absolute atomic E-state index is 12.2. The molecule has 0 saturated carbocycles. The number of fused-ring (bicyclic) bond motifs is 1. The standard InChI is InChI=1S/C24H33N5O2/c30-23-6-5-22(24(31)27-23)29-14-18-3-4-21(12-19(18)15-29)28-11-1-2-20(16-28)26-13-17-7-9-25-10-8-17/h3-4,12,14-15,17,20,22,25-26H,1-2,5-11,13,16H2,(H,27,30,31)/t20-,22?/m0/s1. The van der Waals surface area contributed by atoms with Gasteiger partial charge in [0.25, 0.3) is 0 Å². The van der Waals surface area contributed by atoms with E-state index < -0.39 is 0 Å². The highest BCUT2D eigenvalue weighted by Gasteiger charge is 2.28. The second-order valence-corrected chi connectivity index (χ2v) is 9.37. The van der Waals surface area contributed by atoms with Gasteiger partial charge < -0.3 is 20.1 Å². The molecule has 1 unspecified atom stereocenters. The molecule has 3 N–H and O–H groups in total. The van der Waals surface area contributed by atoms with Crippen molar-refractivity contribution in [2.24, 2.45) is 5.92 Å². The monoisotopic (exact) mass is 423 g/mol. The van der Waals surface area contributed by atoms with E-state index in [2.05, 4.69) is 45.2 Å². The van der Waals surface area contributed by atoms with Gasteiger partial charge in [-0.05, 0) is 75.2 Å². The fraction of sp³-hybridized carbons (Fsp3) is 0.583. The molecule has 3 aliphatic rings. The van der Waals surface area contributed by atoms with Crippen LogP contribution in [-0.4, -0.2) is 55.1 Å². The van der Waals surface area contributed by atoms with Crippen molar-refractivity contribution in [3.05, 3.63) is 30.6 Å². The van der Waals surface area contributed by atoms with Crippen molar-refractivity contribution in [2.45, 2.75) is 50.6 Å². The van der Waals surface area contributed by atoms with Gasteiger partial charge >= 0.3 is 0 Å². The van der Waals surface area contributed by atoms with E-state index in [0.29, 0.717) is 18.9 Å². The van der Waals surface area contributed by atoms with Gasteiger partial charge in [-0.2, -0.15) is 0 Å². The van der Waals surface area contributed by atoms with Crippen LogP contribution >= 0.6 is 0 Å². The molecule has 7 heteroatoms. The summed E-state index contributed by atoms with van der Waals surface area (Å²) < 4.78 is 1.97. The van der Waals surface area contributed by atoms with Gasteiger partial charge in [0.1, 0.15) is 6.04 Å². The summed E-state index contributed by atoms with van der Waals surface area (Å²) in [7, 11) is 0. The first-order valence-corrected chi connectivity index (χ1v) is 11.8. The highest BCUT2D eigenvalue weighted by molar-refractivity contribution is 5.99. The number of amides is 2. The van der Waals surface area contributed by atoms with Crippen LogP contribution in [0, 0.1) is 5.92 Å². The van der Waals surface area contributed by atoms with E-state index in [1.165, 1.54) is 31.4 Å². The van der Waals surface area contributed by atoms with Gasteiger partial charge in [-0.25, -0.2) is 0 Å². The summed E-state index contributed by atoms with van der Waals surface area (Å²) in [4.78, 5) is 26.2. The minimum atomic E-state index is -0.299. The number of aromatic nitrogens is 1. The minimum absolute atomic E-state index is 0.173. The predicted molar refractivity (Wildman–Crippen MR) is 122 cm³/mol. The van der Waals surface area contributed by atoms with Crippen molar-refractivity contribution in [3.8, 4) is 0 Å². The Bertz CT molecular complexity index is 949. The Morgan fingerprint density at radius 3 is 2.71 bits per heavy atom. The summed E-state index contributed by atoms with van der Waals surface area (Å²) >= 11 is 0. The molecule has 5 rings (SSSR count). The Hall–Kier alpha value is -2.38. The van der Waals surface area contributed by atoms with Gasteiger partial charge in [-0.15, -0.1) is 0 Å². The van der Waals surface area contributed by atoms with Crippen molar-refractivity contribution in [2.75, 3.05) is 37.6 Å². The average Bonchev–Trinajstić information content (AvgIpc) is 3.21. The molecule has 31 heavy (non-hydrogen) atoms. The second kappa shape index (κ2) is 9.01. The van der Waals surface area contributed by atoms with E-state index >= 15 is 0 Å². The quantitative estimate of drug-likeness (QED) is 0.643. The van der Waals surface area contributed by atoms with Crippen LogP contribution in [-0.2, 0) is 9.59 Å². The Morgan fingerprint density at radius 2 is 1.87 bits per heavy atom. The number of hydrogen-bond acceptors (Lipinski definition) is 5. The number of carbonyl (C=O) groups is 2. The van der Waals surface area contributed by atoms with Crippen LogP contribution < -0.4 is 20.9 Å². The van der Waals surface area contributed by atoms with Gasteiger partial charge in [0.2, 0.25) is 11.8 Å². The van der Waals surface area contributed by atoms with Gasteiger partial charge in [0.05, 0.1) is 0 Å². The van der Waals surface area contributed by atoms with Crippen molar-refractivity contribution >= 4 is 28.3 Å². The van der Waals surface area contributed by atoms with Gasteiger partial charge in [0, 0.05) is 49.0 Å². The Kier molecular flexibility index (Phi) is 5.96. The zero-order valence-corrected chi connectivity index (χ0v) is 18.1. The van der Waals surface area contributed by atoms with E-state index in [0.717, 1.165) is 49.4 Å². The Balaban J connectivity index is 1.25. The molecule has 2 aromatic rings. The lowest BCUT2D eigenvalue weighted by atomic mass is 9.97. The molecule has 0 aliphatic carbocycles. The zero-order chi connectivity index (χ0) is 21.2. The lowest BCUT2D eigenvalue weighted by molar-refractivity contribution is -0.135. The fourth-order valence-electron chi connectivity index (χ4n) is 5.29.